The van der Waals surface area contributed by atoms with Crippen LogP contribution in [-0.4, -0.2) is 19.1 Å². The van der Waals surface area contributed by atoms with E-state index in [1.807, 2.05) is 0 Å². The molecule has 0 spiro atoms. The lowest BCUT2D eigenvalue weighted by Crippen LogP contribution is -2.27. The molecule has 0 fully saturated rings. The van der Waals surface area contributed by atoms with Crippen LogP contribution < -0.4 is 5.32 Å². The normalized spacial score (nSPS) is 12.6. The second-order valence-corrected chi connectivity index (χ2v) is 3.74. The fourth-order valence-electron chi connectivity index (χ4n) is 1.26. The summed E-state index contributed by atoms with van der Waals surface area (Å²) in [4.78, 5) is 11.5. The van der Waals surface area contributed by atoms with E-state index in [2.05, 4.69) is 5.32 Å². The molecule has 0 saturated carbocycles. The molecular weight excluding hydrogens is 261 g/mol. The van der Waals surface area contributed by atoms with Gasteiger partial charge in [0, 0.05) is 7.11 Å². The van der Waals surface area contributed by atoms with Gasteiger partial charge in [-0.3, -0.25) is 4.79 Å². The van der Waals surface area contributed by atoms with Gasteiger partial charge in [-0.15, -0.1) is 0 Å². The maximum atomic E-state index is 12.5. The van der Waals surface area contributed by atoms with Crippen molar-refractivity contribution in [1.29, 1.82) is 5.26 Å². The number of carbonyl (C=O) groups is 1. The number of nitriles is 1. The van der Waals surface area contributed by atoms with Gasteiger partial charge in [-0.25, -0.2) is 0 Å². The maximum Gasteiger partial charge on any atom is 0.416 e. The van der Waals surface area contributed by atoms with Crippen molar-refractivity contribution in [2.75, 3.05) is 12.4 Å². The lowest BCUT2D eigenvalue weighted by Gasteiger charge is -2.13. The van der Waals surface area contributed by atoms with Crippen LogP contribution in [0.2, 0.25) is 0 Å². The standard InChI is InChI=1S/C12H11F3N2O2/c1-7(19-2)11(18)17-10-4-3-9(12(13,14)15)5-8(10)6-16/h3-5,7H,1-2H3,(H,17,18). The van der Waals surface area contributed by atoms with Gasteiger partial charge in [-0.2, -0.15) is 18.4 Å². The highest BCUT2D eigenvalue weighted by Gasteiger charge is 2.31. The Kier molecular flexibility index (Phi) is 4.51. The molecule has 0 heterocycles. The molecule has 1 aromatic carbocycles. The Bertz CT molecular complexity index is 521. The number of halogens is 3. The summed E-state index contributed by atoms with van der Waals surface area (Å²) in [6.45, 7) is 1.48. The van der Waals surface area contributed by atoms with Crippen molar-refractivity contribution in [2.45, 2.75) is 19.2 Å². The van der Waals surface area contributed by atoms with Crippen molar-refractivity contribution in [3.8, 4) is 6.07 Å². The van der Waals surface area contributed by atoms with E-state index in [-0.39, 0.29) is 11.3 Å². The molecular formula is C12H11F3N2O2. The number of methoxy groups -OCH3 is 1. The number of nitrogens with one attached hydrogen (secondary N) is 1. The minimum Gasteiger partial charge on any atom is -0.372 e. The Morgan fingerprint density at radius 3 is 2.58 bits per heavy atom. The number of carbonyl (C=O) groups excluding carboxylic acids is 1. The third-order valence-electron chi connectivity index (χ3n) is 2.45. The lowest BCUT2D eigenvalue weighted by atomic mass is 10.1. The van der Waals surface area contributed by atoms with Crippen molar-refractivity contribution in [3.63, 3.8) is 0 Å². The van der Waals surface area contributed by atoms with Crippen LogP contribution in [0.1, 0.15) is 18.1 Å². The minimum absolute atomic E-state index is 0.0180. The van der Waals surface area contributed by atoms with Crippen LogP contribution in [0.4, 0.5) is 18.9 Å². The maximum absolute atomic E-state index is 12.5. The number of anilines is 1. The zero-order chi connectivity index (χ0) is 14.6. The van der Waals surface area contributed by atoms with E-state index in [0.29, 0.717) is 6.07 Å². The van der Waals surface area contributed by atoms with Gasteiger partial charge < -0.3 is 10.1 Å². The largest absolute Gasteiger partial charge is 0.416 e. The summed E-state index contributed by atoms with van der Waals surface area (Å²) < 4.78 is 42.2. The number of amides is 1. The number of benzene rings is 1. The Morgan fingerprint density at radius 1 is 1.47 bits per heavy atom. The van der Waals surface area contributed by atoms with E-state index in [1.54, 1.807) is 6.07 Å². The molecule has 1 unspecified atom stereocenters. The van der Waals surface area contributed by atoms with Gasteiger partial charge in [-0.1, -0.05) is 0 Å². The first-order valence-electron chi connectivity index (χ1n) is 5.24. The first kappa shape index (κ1) is 15.0. The van der Waals surface area contributed by atoms with Crippen molar-refractivity contribution in [3.05, 3.63) is 29.3 Å². The number of hydrogen-bond acceptors (Lipinski definition) is 3. The molecule has 1 amide bonds. The monoisotopic (exact) mass is 272 g/mol. The molecule has 7 heteroatoms. The lowest BCUT2D eigenvalue weighted by molar-refractivity contribution is -0.137. The van der Waals surface area contributed by atoms with Crippen LogP contribution in [-0.2, 0) is 15.7 Å². The van der Waals surface area contributed by atoms with Crippen molar-refractivity contribution in [2.24, 2.45) is 0 Å². The third kappa shape index (κ3) is 3.69. The van der Waals surface area contributed by atoms with Crippen LogP contribution in [0.5, 0.6) is 0 Å². The second-order valence-electron chi connectivity index (χ2n) is 3.74. The average Bonchev–Trinajstić information content (AvgIpc) is 2.36. The van der Waals surface area contributed by atoms with Crippen molar-refractivity contribution in [1.82, 2.24) is 0 Å². The summed E-state index contributed by atoms with van der Waals surface area (Å²) in [7, 11) is 1.32. The summed E-state index contributed by atoms with van der Waals surface area (Å²) in [5.41, 5.74) is -1.18. The highest BCUT2D eigenvalue weighted by Crippen LogP contribution is 2.31. The molecule has 0 aliphatic rings. The van der Waals surface area contributed by atoms with Gasteiger partial charge in [0.25, 0.3) is 5.91 Å². The fourth-order valence-corrected chi connectivity index (χ4v) is 1.26. The molecule has 102 valence electrons. The van der Waals surface area contributed by atoms with Gasteiger partial charge in [0.05, 0.1) is 16.8 Å². The van der Waals surface area contributed by atoms with E-state index in [9.17, 15) is 18.0 Å². The molecule has 19 heavy (non-hydrogen) atoms. The molecule has 0 aliphatic carbocycles. The van der Waals surface area contributed by atoms with E-state index >= 15 is 0 Å². The molecule has 0 aromatic heterocycles. The third-order valence-corrected chi connectivity index (χ3v) is 2.45. The van der Waals surface area contributed by atoms with Crippen LogP contribution in [0.3, 0.4) is 0 Å². The molecule has 1 aromatic rings. The molecule has 1 N–H and O–H groups in total. The number of hydrogen-bond donors (Lipinski definition) is 1. The molecule has 1 atom stereocenters. The molecule has 0 aliphatic heterocycles. The van der Waals surface area contributed by atoms with E-state index < -0.39 is 23.8 Å². The predicted molar refractivity (Wildman–Crippen MR) is 61.3 cm³/mol. The van der Waals surface area contributed by atoms with Gasteiger partial charge in [0.2, 0.25) is 0 Å². The molecule has 4 nitrogen and oxygen atoms in total. The van der Waals surface area contributed by atoms with Crippen LogP contribution >= 0.6 is 0 Å². The molecule has 0 radical (unpaired) electrons. The number of alkyl halides is 3. The van der Waals surface area contributed by atoms with Gasteiger partial charge in [0.1, 0.15) is 12.2 Å². The number of ether oxygens (including phenoxy) is 1. The number of rotatable bonds is 3. The van der Waals surface area contributed by atoms with Gasteiger partial charge in [-0.05, 0) is 25.1 Å². The first-order chi connectivity index (χ1) is 8.79. The van der Waals surface area contributed by atoms with Gasteiger partial charge >= 0.3 is 6.18 Å². The second kappa shape index (κ2) is 5.71. The highest BCUT2D eigenvalue weighted by molar-refractivity contribution is 5.95. The molecule has 0 saturated heterocycles. The Labute approximate surface area is 107 Å². The average molecular weight is 272 g/mol. The van der Waals surface area contributed by atoms with Crippen molar-refractivity contribution < 1.29 is 22.7 Å². The fraction of sp³-hybridized carbons (Fsp3) is 0.333. The van der Waals surface area contributed by atoms with Crippen LogP contribution in [0.15, 0.2) is 18.2 Å². The minimum atomic E-state index is -4.53. The van der Waals surface area contributed by atoms with E-state index in [1.165, 1.54) is 14.0 Å². The zero-order valence-electron chi connectivity index (χ0n) is 10.2. The molecule has 0 bridgehead atoms. The van der Waals surface area contributed by atoms with Crippen LogP contribution in [0.25, 0.3) is 0 Å². The summed E-state index contributed by atoms with van der Waals surface area (Å²) in [5.74, 6) is -0.543. The summed E-state index contributed by atoms with van der Waals surface area (Å²) in [6.07, 6.45) is -5.30. The predicted octanol–water partition coefficient (Wildman–Crippen LogP) is 2.55. The summed E-state index contributed by atoms with van der Waals surface area (Å²) in [5, 5.41) is 11.2. The SMILES string of the molecule is COC(C)C(=O)Nc1ccc(C(F)(F)F)cc1C#N. The Morgan fingerprint density at radius 2 is 2.11 bits per heavy atom. The summed E-state index contributed by atoms with van der Waals surface area (Å²) >= 11 is 0. The Hall–Kier alpha value is -2.07. The summed E-state index contributed by atoms with van der Waals surface area (Å²) in [6, 6.07) is 4.15. The Balaban J connectivity index is 3.05. The highest BCUT2D eigenvalue weighted by atomic mass is 19.4. The molecule has 1 rings (SSSR count). The quantitative estimate of drug-likeness (QED) is 0.919. The van der Waals surface area contributed by atoms with Crippen molar-refractivity contribution >= 4 is 11.6 Å². The topological polar surface area (TPSA) is 62.1 Å². The zero-order valence-corrected chi connectivity index (χ0v) is 10.2. The van der Waals surface area contributed by atoms with E-state index in [4.69, 9.17) is 10.00 Å². The van der Waals surface area contributed by atoms with Gasteiger partial charge in [0.15, 0.2) is 0 Å². The smallest absolute Gasteiger partial charge is 0.372 e. The van der Waals surface area contributed by atoms with E-state index in [0.717, 1.165) is 12.1 Å². The first-order valence-corrected chi connectivity index (χ1v) is 5.24. The van der Waals surface area contributed by atoms with Crippen LogP contribution in [0, 0.1) is 11.3 Å². The number of nitrogens with zero attached hydrogens (tertiary/aromatic N) is 1.